The van der Waals surface area contributed by atoms with Crippen molar-refractivity contribution >= 4 is 22.5 Å². The van der Waals surface area contributed by atoms with Crippen molar-refractivity contribution in [1.82, 2.24) is 9.88 Å². The zero-order chi connectivity index (χ0) is 15.2. The van der Waals surface area contributed by atoms with Gasteiger partial charge in [0.15, 0.2) is 5.84 Å². The molecule has 0 fully saturated rings. The van der Waals surface area contributed by atoms with E-state index in [9.17, 15) is 4.79 Å². The number of rotatable bonds is 5. The molecule has 0 aliphatic heterocycles. The fourth-order valence-electron chi connectivity index (χ4n) is 2.19. The van der Waals surface area contributed by atoms with Crippen LogP contribution in [-0.2, 0) is 0 Å². The molecule has 0 unspecified atom stereocenters. The minimum Gasteiger partial charge on any atom is -0.409 e. The molecule has 0 atom stereocenters. The summed E-state index contributed by atoms with van der Waals surface area (Å²) >= 11 is 0. The van der Waals surface area contributed by atoms with Gasteiger partial charge < -0.3 is 15.8 Å². The second-order valence-electron chi connectivity index (χ2n) is 4.70. The van der Waals surface area contributed by atoms with Crippen LogP contribution in [0.4, 0.5) is 0 Å². The number of nitrogens with zero attached hydrogens (tertiary/aromatic N) is 3. The van der Waals surface area contributed by atoms with Gasteiger partial charge in [-0.15, -0.1) is 0 Å². The summed E-state index contributed by atoms with van der Waals surface area (Å²) in [5, 5.41) is 13.4. The summed E-state index contributed by atoms with van der Waals surface area (Å²) < 4.78 is 0. The summed E-state index contributed by atoms with van der Waals surface area (Å²) in [6.45, 7) is 2.55. The minimum atomic E-state index is -0.222. The zero-order valence-corrected chi connectivity index (χ0v) is 11.9. The van der Waals surface area contributed by atoms with E-state index in [1.54, 1.807) is 6.20 Å². The van der Waals surface area contributed by atoms with Crippen LogP contribution in [0.15, 0.2) is 41.7 Å². The summed E-state index contributed by atoms with van der Waals surface area (Å²) in [7, 11) is 0. The number of oxime groups is 1. The van der Waals surface area contributed by atoms with E-state index in [-0.39, 0.29) is 18.3 Å². The Balaban J connectivity index is 2.39. The van der Waals surface area contributed by atoms with Gasteiger partial charge in [-0.3, -0.25) is 9.78 Å². The van der Waals surface area contributed by atoms with E-state index in [4.69, 9.17) is 10.9 Å². The van der Waals surface area contributed by atoms with E-state index in [1.807, 2.05) is 37.3 Å². The molecule has 21 heavy (non-hydrogen) atoms. The van der Waals surface area contributed by atoms with Gasteiger partial charge in [0.25, 0.3) is 5.91 Å². The monoisotopic (exact) mass is 286 g/mol. The molecule has 0 spiro atoms. The lowest BCUT2D eigenvalue weighted by atomic mass is 10.1. The van der Waals surface area contributed by atoms with Crippen LogP contribution < -0.4 is 5.73 Å². The molecule has 1 aromatic carbocycles. The summed E-state index contributed by atoms with van der Waals surface area (Å²) in [6, 6.07) is 9.44. The number of carbonyl (C=O) groups excluding carboxylic acids is 1. The van der Waals surface area contributed by atoms with Crippen LogP contribution in [0, 0.1) is 0 Å². The Labute approximate surface area is 122 Å². The molecule has 0 saturated carbocycles. The minimum absolute atomic E-state index is 0.00274. The van der Waals surface area contributed by atoms with Crippen LogP contribution in [0.1, 0.15) is 23.8 Å². The van der Waals surface area contributed by atoms with E-state index < -0.39 is 0 Å². The van der Waals surface area contributed by atoms with Crippen LogP contribution in [0.25, 0.3) is 10.8 Å². The van der Waals surface area contributed by atoms with Gasteiger partial charge in [0.1, 0.15) is 5.69 Å². The third-order valence-corrected chi connectivity index (χ3v) is 3.14. The van der Waals surface area contributed by atoms with Gasteiger partial charge in [-0.2, -0.15) is 0 Å². The number of amidine groups is 1. The Morgan fingerprint density at radius 2 is 2.14 bits per heavy atom. The molecule has 1 heterocycles. The third-order valence-electron chi connectivity index (χ3n) is 3.14. The molecule has 3 N–H and O–H groups in total. The van der Waals surface area contributed by atoms with Crippen molar-refractivity contribution in [2.24, 2.45) is 10.9 Å². The molecular weight excluding hydrogens is 268 g/mol. The maximum Gasteiger partial charge on any atom is 0.273 e. The van der Waals surface area contributed by atoms with E-state index >= 15 is 0 Å². The number of amides is 1. The number of benzene rings is 1. The highest BCUT2D eigenvalue weighted by atomic mass is 16.4. The van der Waals surface area contributed by atoms with Crippen molar-refractivity contribution in [1.29, 1.82) is 0 Å². The van der Waals surface area contributed by atoms with Gasteiger partial charge >= 0.3 is 0 Å². The van der Waals surface area contributed by atoms with Gasteiger partial charge in [0, 0.05) is 18.1 Å². The van der Waals surface area contributed by atoms with Crippen molar-refractivity contribution in [3.63, 3.8) is 0 Å². The quantitative estimate of drug-likeness (QED) is 0.379. The van der Waals surface area contributed by atoms with Crippen LogP contribution in [-0.4, -0.2) is 39.9 Å². The molecule has 6 nitrogen and oxygen atoms in total. The van der Waals surface area contributed by atoms with Crippen molar-refractivity contribution in [2.75, 3.05) is 13.1 Å². The van der Waals surface area contributed by atoms with Gasteiger partial charge in [-0.25, -0.2) is 0 Å². The first-order chi connectivity index (χ1) is 10.2. The first-order valence-electron chi connectivity index (χ1n) is 6.76. The van der Waals surface area contributed by atoms with E-state index in [0.29, 0.717) is 12.2 Å². The SMILES string of the molecule is CCCN(CC(N)=NO)C(=O)c1nccc2ccccc12. The molecule has 1 amide bonds. The Morgan fingerprint density at radius 3 is 2.86 bits per heavy atom. The second kappa shape index (κ2) is 6.69. The maximum atomic E-state index is 12.7. The number of hydrogen-bond donors (Lipinski definition) is 2. The number of nitrogens with two attached hydrogens (primary N) is 1. The van der Waals surface area contributed by atoms with Crippen LogP contribution in [0.2, 0.25) is 0 Å². The second-order valence-corrected chi connectivity index (χ2v) is 4.70. The highest BCUT2D eigenvalue weighted by molar-refractivity contribution is 6.06. The molecule has 0 radical (unpaired) electrons. The molecule has 0 saturated heterocycles. The fraction of sp³-hybridized carbons (Fsp3) is 0.267. The molecular formula is C15H18N4O2. The number of hydrogen-bond acceptors (Lipinski definition) is 4. The molecule has 0 aliphatic rings. The topological polar surface area (TPSA) is 91.8 Å². The normalized spacial score (nSPS) is 11.6. The van der Waals surface area contributed by atoms with E-state index in [0.717, 1.165) is 17.2 Å². The Morgan fingerprint density at radius 1 is 1.38 bits per heavy atom. The average molecular weight is 286 g/mol. The molecule has 0 aliphatic carbocycles. The van der Waals surface area contributed by atoms with E-state index in [2.05, 4.69) is 10.1 Å². The maximum absolute atomic E-state index is 12.7. The van der Waals surface area contributed by atoms with E-state index in [1.165, 1.54) is 4.90 Å². The first kappa shape index (κ1) is 14.8. The van der Waals surface area contributed by atoms with Gasteiger partial charge in [0.05, 0.1) is 6.54 Å². The fourth-order valence-corrected chi connectivity index (χ4v) is 2.19. The number of pyridine rings is 1. The third kappa shape index (κ3) is 3.28. The van der Waals surface area contributed by atoms with Crippen molar-refractivity contribution in [3.05, 3.63) is 42.2 Å². The number of fused-ring (bicyclic) bond motifs is 1. The summed E-state index contributed by atoms with van der Waals surface area (Å²) in [5.41, 5.74) is 5.90. The Hall–Kier alpha value is -2.63. The van der Waals surface area contributed by atoms with Gasteiger partial charge in [0.2, 0.25) is 0 Å². The molecule has 1 aromatic heterocycles. The molecule has 2 rings (SSSR count). The molecule has 0 bridgehead atoms. The predicted molar refractivity (Wildman–Crippen MR) is 81.3 cm³/mol. The van der Waals surface area contributed by atoms with Crippen molar-refractivity contribution in [2.45, 2.75) is 13.3 Å². The zero-order valence-electron chi connectivity index (χ0n) is 11.9. The number of carbonyl (C=O) groups is 1. The predicted octanol–water partition coefficient (Wildman–Crippen LogP) is 1.83. The summed E-state index contributed by atoms with van der Waals surface area (Å²) in [4.78, 5) is 18.4. The lowest BCUT2D eigenvalue weighted by Crippen LogP contribution is -2.39. The standard InChI is InChI=1S/C15H18N4O2/c1-2-9-19(10-13(16)18-21)15(20)14-12-6-4-3-5-11(12)7-8-17-14/h3-8,21H,2,9-10H2,1H3,(H2,16,18). The lowest BCUT2D eigenvalue weighted by molar-refractivity contribution is 0.0774. The Kier molecular flexibility index (Phi) is 4.71. The highest BCUT2D eigenvalue weighted by Gasteiger charge is 2.19. The smallest absolute Gasteiger partial charge is 0.273 e. The molecule has 2 aromatic rings. The highest BCUT2D eigenvalue weighted by Crippen LogP contribution is 2.18. The summed E-state index contributed by atoms with van der Waals surface area (Å²) in [5.74, 6) is -0.225. The summed E-state index contributed by atoms with van der Waals surface area (Å²) in [6.07, 6.45) is 2.39. The van der Waals surface area contributed by atoms with Crippen LogP contribution >= 0.6 is 0 Å². The lowest BCUT2D eigenvalue weighted by Gasteiger charge is -2.21. The van der Waals surface area contributed by atoms with Gasteiger partial charge in [-0.1, -0.05) is 36.3 Å². The van der Waals surface area contributed by atoms with Crippen molar-refractivity contribution < 1.29 is 10.0 Å². The average Bonchev–Trinajstić information content (AvgIpc) is 2.53. The molecule has 6 heteroatoms. The van der Waals surface area contributed by atoms with Crippen LogP contribution in [0.3, 0.4) is 0 Å². The van der Waals surface area contributed by atoms with Gasteiger partial charge in [-0.05, 0) is 17.9 Å². The number of aromatic nitrogens is 1. The van der Waals surface area contributed by atoms with Crippen LogP contribution in [0.5, 0.6) is 0 Å². The first-order valence-corrected chi connectivity index (χ1v) is 6.76. The Bertz CT molecular complexity index is 664. The largest absolute Gasteiger partial charge is 0.409 e. The molecule has 110 valence electrons. The van der Waals surface area contributed by atoms with Crippen molar-refractivity contribution in [3.8, 4) is 0 Å².